The number of thiophene rings is 1. The molecule has 1 aromatic carbocycles. The Morgan fingerprint density at radius 1 is 1.24 bits per heavy atom. The molecule has 0 atom stereocenters. The molecule has 3 aromatic rings. The Morgan fingerprint density at radius 2 is 2.05 bits per heavy atom. The zero-order chi connectivity index (χ0) is 14.7. The fourth-order valence-electron chi connectivity index (χ4n) is 1.82. The van der Waals surface area contributed by atoms with Gasteiger partial charge in [0.15, 0.2) is 0 Å². The molecule has 0 aliphatic carbocycles. The quantitative estimate of drug-likeness (QED) is 0.666. The molecule has 0 unspecified atom stereocenters. The highest BCUT2D eigenvalue weighted by Gasteiger charge is 2.12. The average Bonchev–Trinajstić information content (AvgIpc) is 3.17. The van der Waals surface area contributed by atoms with E-state index in [9.17, 15) is 0 Å². The van der Waals surface area contributed by atoms with Gasteiger partial charge in [-0.05, 0) is 42.2 Å². The van der Waals surface area contributed by atoms with Gasteiger partial charge in [-0.25, -0.2) is 0 Å². The minimum atomic E-state index is 0.448. The summed E-state index contributed by atoms with van der Waals surface area (Å²) >= 11 is 3.14. The fourth-order valence-corrected chi connectivity index (χ4v) is 3.21. The fraction of sp³-hybridized carbons (Fsp3) is 0.133. The molecule has 0 saturated carbocycles. The van der Waals surface area contributed by atoms with Gasteiger partial charge in [-0.2, -0.15) is 10.2 Å². The van der Waals surface area contributed by atoms with Crippen molar-refractivity contribution in [3.8, 4) is 28.2 Å². The van der Waals surface area contributed by atoms with Crippen LogP contribution in [0.1, 0.15) is 11.8 Å². The molecule has 2 aromatic heterocycles. The van der Waals surface area contributed by atoms with Crippen molar-refractivity contribution in [3.63, 3.8) is 0 Å². The summed E-state index contributed by atoms with van der Waals surface area (Å²) in [5.41, 5.74) is 0.919. The summed E-state index contributed by atoms with van der Waals surface area (Å²) in [6, 6.07) is 13.8. The number of nitrogens with zero attached hydrogens (tertiary/aromatic N) is 3. The van der Waals surface area contributed by atoms with Crippen LogP contribution in [0.15, 0.2) is 45.8 Å². The highest BCUT2D eigenvalue weighted by Crippen LogP contribution is 2.29. The maximum atomic E-state index is 8.84. The van der Waals surface area contributed by atoms with Crippen molar-refractivity contribution in [1.82, 2.24) is 10.1 Å². The molecule has 0 spiro atoms. The second-order valence-electron chi connectivity index (χ2n) is 4.16. The largest absolute Gasteiger partial charge is 0.333 e. The second kappa shape index (κ2) is 6.12. The van der Waals surface area contributed by atoms with Crippen molar-refractivity contribution in [2.45, 2.75) is 11.8 Å². The molecule has 2 heterocycles. The first-order valence-electron chi connectivity index (χ1n) is 6.37. The van der Waals surface area contributed by atoms with Crippen molar-refractivity contribution in [2.24, 2.45) is 0 Å². The standard InChI is InChI=1S/C15H11N3OS2/c1-2-20-11-5-3-10(4-6-11)14-17-15(19-18-14)13-8-7-12(9-16)21-13/h3-8H,2H2,1H3. The van der Waals surface area contributed by atoms with Crippen LogP contribution in [0.4, 0.5) is 0 Å². The van der Waals surface area contributed by atoms with E-state index in [1.807, 2.05) is 18.2 Å². The Kier molecular flexibility index (Phi) is 4.04. The molecule has 0 aliphatic rings. The minimum absolute atomic E-state index is 0.448. The number of nitriles is 1. The molecule has 3 rings (SSSR count). The van der Waals surface area contributed by atoms with E-state index in [1.165, 1.54) is 16.2 Å². The smallest absolute Gasteiger partial charge is 0.268 e. The van der Waals surface area contributed by atoms with E-state index in [1.54, 1.807) is 17.8 Å². The Balaban J connectivity index is 1.85. The zero-order valence-electron chi connectivity index (χ0n) is 11.2. The van der Waals surface area contributed by atoms with E-state index in [0.29, 0.717) is 16.6 Å². The average molecular weight is 313 g/mol. The third-order valence-corrected chi connectivity index (χ3v) is 4.65. The second-order valence-corrected chi connectivity index (χ2v) is 6.58. The van der Waals surface area contributed by atoms with Gasteiger partial charge >= 0.3 is 0 Å². The highest BCUT2D eigenvalue weighted by atomic mass is 32.2. The van der Waals surface area contributed by atoms with Gasteiger partial charge in [0.2, 0.25) is 5.82 Å². The zero-order valence-corrected chi connectivity index (χ0v) is 12.9. The van der Waals surface area contributed by atoms with Crippen LogP contribution in [0, 0.1) is 11.3 Å². The Hall–Kier alpha value is -2.10. The Morgan fingerprint density at radius 3 is 2.71 bits per heavy atom. The molecule has 0 fully saturated rings. The number of aromatic nitrogens is 2. The lowest BCUT2D eigenvalue weighted by molar-refractivity contribution is 0.433. The van der Waals surface area contributed by atoms with Gasteiger partial charge in [-0.3, -0.25) is 0 Å². The predicted molar refractivity (Wildman–Crippen MR) is 84.2 cm³/mol. The number of hydrogen-bond acceptors (Lipinski definition) is 6. The summed E-state index contributed by atoms with van der Waals surface area (Å²) in [4.78, 5) is 7.05. The Bertz CT molecular complexity index is 784. The van der Waals surface area contributed by atoms with Crippen LogP contribution >= 0.6 is 23.1 Å². The molecule has 0 radical (unpaired) electrons. The lowest BCUT2D eigenvalue weighted by atomic mass is 10.2. The molecular weight excluding hydrogens is 302 g/mol. The van der Waals surface area contributed by atoms with Crippen molar-refractivity contribution in [1.29, 1.82) is 5.26 Å². The van der Waals surface area contributed by atoms with E-state index in [0.717, 1.165) is 16.2 Å². The van der Waals surface area contributed by atoms with Crippen LogP contribution in [0.2, 0.25) is 0 Å². The Labute approximate surface area is 130 Å². The summed E-state index contributed by atoms with van der Waals surface area (Å²) in [5, 5.41) is 12.8. The van der Waals surface area contributed by atoms with Crippen molar-refractivity contribution < 1.29 is 4.52 Å². The third-order valence-electron chi connectivity index (χ3n) is 2.78. The van der Waals surface area contributed by atoms with Gasteiger partial charge in [0.05, 0.1) is 4.88 Å². The minimum Gasteiger partial charge on any atom is -0.333 e. The first kappa shape index (κ1) is 13.9. The lowest BCUT2D eigenvalue weighted by Crippen LogP contribution is -1.81. The van der Waals surface area contributed by atoms with Gasteiger partial charge < -0.3 is 4.52 Å². The van der Waals surface area contributed by atoms with Crippen LogP contribution in [0.5, 0.6) is 0 Å². The van der Waals surface area contributed by atoms with Crippen LogP contribution < -0.4 is 0 Å². The summed E-state index contributed by atoms with van der Waals surface area (Å²) in [5.74, 6) is 2.05. The van der Waals surface area contributed by atoms with Crippen molar-refractivity contribution in [3.05, 3.63) is 41.3 Å². The topological polar surface area (TPSA) is 62.7 Å². The number of thioether (sulfide) groups is 1. The normalized spacial score (nSPS) is 10.5. The summed E-state index contributed by atoms with van der Waals surface area (Å²) in [7, 11) is 0. The molecule has 104 valence electrons. The van der Waals surface area contributed by atoms with Crippen LogP contribution in [0.3, 0.4) is 0 Å². The van der Waals surface area contributed by atoms with E-state index in [2.05, 4.69) is 35.3 Å². The van der Waals surface area contributed by atoms with Crippen LogP contribution in [-0.2, 0) is 0 Å². The molecule has 21 heavy (non-hydrogen) atoms. The van der Waals surface area contributed by atoms with Gasteiger partial charge in [0.25, 0.3) is 5.89 Å². The van der Waals surface area contributed by atoms with Crippen molar-refractivity contribution >= 4 is 23.1 Å². The monoisotopic (exact) mass is 313 g/mol. The van der Waals surface area contributed by atoms with Crippen LogP contribution in [0.25, 0.3) is 22.2 Å². The molecule has 0 N–H and O–H groups in total. The number of rotatable bonds is 4. The summed E-state index contributed by atoms with van der Waals surface area (Å²) in [6.45, 7) is 2.13. The highest BCUT2D eigenvalue weighted by molar-refractivity contribution is 7.99. The van der Waals surface area contributed by atoms with Gasteiger partial charge in [-0.1, -0.05) is 12.1 Å². The van der Waals surface area contributed by atoms with Crippen LogP contribution in [-0.4, -0.2) is 15.9 Å². The first-order valence-corrected chi connectivity index (χ1v) is 8.17. The molecule has 6 heteroatoms. The van der Waals surface area contributed by atoms with Crippen molar-refractivity contribution in [2.75, 3.05) is 5.75 Å². The van der Waals surface area contributed by atoms with E-state index < -0.39 is 0 Å². The summed E-state index contributed by atoms with van der Waals surface area (Å²) in [6.07, 6.45) is 0. The maximum absolute atomic E-state index is 8.84. The molecule has 0 bridgehead atoms. The molecular formula is C15H11N3OS2. The van der Waals surface area contributed by atoms with E-state index >= 15 is 0 Å². The third kappa shape index (κ3) is 2.99. The van der Waals surface area contributed by atoms with Gasteiger partial charge in [0, 0.05) is 10.5 Å². The lowest BCUT2D eigenvalue weighted by Gasteiger charge is -1.98. The SMILES string of the molecule is CCSc1ccc(-c2noc(-c3ccc(C#N)s3)n2)cc1. The van der Waals surface area contributed by atoms with Gasteiger partial charge in [-0.15, -0.1) is 23.1 Å². The molecule has 0 aliphatic heterocycles. The summed E-state index contributed by atoms with van der Waals surface area (Å²) < 4.78 is 5.28. The maximum Gasteiger partial charge on any atom is 0.268 e. The molecule has 0 amide bonds. The predicted octanol–water partition coefficient (Wildman–Crippen LogP) is 4.45. The number of benzene rings is 1. The molecule has 0 saturated heterocycles. The van der Waals surface area contributed by atoms with Gasteiger partial charge in [0.1, 0.15) is 10.9 Å². The number of hydrogen-bond donors (Lipinski definition) is 0. The van der Waals surface area contributed by atoms with E-state index in [-0.39, 0.29) is 0 Å². The molecule has 4 nitrogen and oxygen atoms in total. The van der Waals surface area contributed by atoms with E-state index in [4.69, 9.17) is 9.78 Å². The first-order chi connectivity index (χ1) is 10.3.